The van der Waals surface area contributed by atoms with Crippen LogP contribution in [0.3, 0.4) is 0 Å². The highest BCUT2D eigenvalue weighted by Gasteiger charge is 2.06. The summed E-state index contributed by atoms with van der Waals surface area (Å²) in [7, 11) is 4.00. The lowest BCUT2D eigenvalue weighted by molar-refractivity contribution is 0.927. The molecule has 18 heavy (non-hydrogen) atoms. The van der Waals surface area contributed by atoms with Gasteiger partial charge >= 0.3 is 0 Å². The van der Waals surface area contributed by atoms with Crippen LogP contribution in [0, 0.1) is 0 Å². The second-order valence-corrected chi connectivity index (χ2v) is 4.72. The van der Waals surface area contributed by atoms with Gasteiger partial charge in [0.2, 0.25) is 5.95 Å². The van der Waals surface area contributed by atoms with Crippen molar-refractivity contribution >= 4 is 23.4 Å². The van der Waals surface area contributed by atoms with Crippen molar-refractivity contribution in [1.29, 1.82) is 0 Å². The Morgan fingerprint density at radius 3 is 2.28 bits per heavy atom. The molecule has 2 rings (SSSR count). The molecule has 0 unspecified atom stereocenters. The zero-order valence-electron chi connectivity index (χ0n) is 10.6. The zero-order chi connectivity index (χ0) is 13.1. The van der Waals surface area contributed by atoms with Crippen LogP contribution in [0.15, 0.2) is 29.4 Å². The Morgan fingerprint density at radius 1 is 1.06 bits per heavy atom. The van der Waals surface area contributed by atoms with Crippen molar-refractivity contribution in [3.8, 4) is 11.4 Å². The Morgan fingerprint density at radius 2 is 1.72 bits per heavy atom. The first kappa shape index (κ1) is 12.6. The maximum Gasteiger partial charge on any atom is 0.224 e. The number of thioether (sulfide) groups is 1. The molecule has 0 aliphatic carbocycles. The summed E-state index contributed by atoms with van der Waals surface area (Å²) in [6.45, 7) is 0. The summed E-state index contributed by atoms with van der Waals surface area (Å²) in [6, 6.07) is 8.00. The predicted octanol–water partition coefficient (Wildman–Crippen LogP) is 1.91. The van der Waals surface area contributed by atoms with E-state index in [9.17, 15) is 0 Å². The SMILES string of the molecule is CSc1nc(N)nc(-c2ccc(N(C)C)cc2)n1. The van der Waals surface area contributed by atoms with Crippen LogP contribution in [0.25, 0.3) is 11.4 Å². The van der Waals surface area contributed by atoms with Crippen LogP contribution >= 0.6 is 11.8 Å². The number of hydrogen-bond acceptors (Lipinski definition) is 6. The fourth-order valence-corrected chi connectivity index (χ4v) is 1.86. The van der Waals surface area contributed by atoms with Crippen LogP contribution in [0.5, 0.6) is 0 Å². The van der Waals surface area contributed by atoms with E-state index in [-0.39, 0.29) is 5.95 Å². The smallest absolute Gasteiger partial charge is 0.224 e. The molecule has 6 heteroatoms. The van der Waals surface area contributed by atoms with Crippen molar-refractivity contribution in [2.24, 2.45) is 0 Å². The number of nitrogen functional groups attached to an aromatic ring is 1. The first-order valence-corrected chi connectivity index (χ1v) is 6.66. The highest BCUT2D eigenvalue weighted by Crippen LogP contribution is 2.21. The lowest BCUT2D eigenvalue weighted by Gasteiger charge is -2.12. The Balaban J connectivity index is 2.39. The number of nitrogens with zero attached hydrogens (tertiary/aromatic N) is 4. The quantitative estimate of drug-likeness (QED) is 0.851. The highest BCUT2D eigenvalue weighted by molar-refractivity contribution is 7.98. The van der Waals surface area contributed by atoms with Gasteiger partial charge in [-0.1, -0.05) is 11.8 Å². The van der Waals surface area contributed by atoms with Gasteiger partial charge in [0.1, 0.15) is 0 Å². The van der Waals surface area contributed by atoms with Crippen LogP contribution in [0.2, 0.25) is 0 Å². The van der Waals surface area contributed by atoms with Crippen LogP contribution in [-0.2, 0) is 0 Å². The van der Waals surface area contributed by atoms with E-state index in [1.165, 1.54) is 11.8 Å². The van der Waals surface area contributed by atoms with Crippen molar-refractivity contribution in [2.45, 2.75) is 5.16 Å². The number of rotatable bonds is 3. The van der Waals surface area contributed by atoms with E-state index in [2.05, 4.69) is 15.0 Å². The van der Waals surface area contributed by atoms with Crippen LogP contribution in [0.1, 0.15) is 0 Å². The summed E-state index contributed by atoms with van der Waals surface area (Å²) in [5.74, 6) is 0.859. The molecule has 2 N–H and O–H groups in total. The van der Waals surface area contributed by atoms with E-state index in [4.69, 9.17) is 5.73 Å². The molecule has 1 aromatic carbocycles. The molecule has 5 nitrogen and oxygen atoms in total. The van der Waals surface area contributed by atoms with Crippen LogP contribution in [-0.4, -0.2) is 35.3 Å². The van der Waals surface area contributed by atoms with Gasteiger partial charge in [-0.2, -0.15) is 9.97 Å². The molecule has 0 amide bonds. The second-order valence-electron chi connectivity index (χ2n) is 3.95. The van der Waals surface area contributed by atoms with Crippen molar-refractivity contribution in [3.05, 3.63) is 24.3 Å². The fourth-order valence-electron chi connectivity index (χ4n) is 1.50. The molecule has 1 heterocycles. The van der Waals surface area contributed by atoms with Crippen LogP contribution < -0.4 is 10.6 Å². The molecule has 0 bridgehead atoms. The van der Waals surface area contributed by atoms with E-state index in [0.717, 1.165) is 11.3 Å². The van der Waals surface area contributed by atoms with Gasteiger partial charge in [0.15, 0.2) is 11.0 Å². The largest absolute Gasteiger partial charge is 0.378 e. The first-order valence-electron chi connectivity index (χ1n) is 5.43. The summed E-state index contributed by atoms with van der Waals surface area (Å²) in [6.07, 6.45) is 1.91. The number of benzene rings is 1. The lowest BCUT2D eigenvalue weighted by Crippen LogP contribution is -2.08. The molecule has 94 valence electrons. The minimum atomic E-state index is 0.251. The summed E-state index contributed by atoms with van der Waals surface area (Å²) in [5.41, 5.74) is 7.73. The molecular weight excluding hydrogens is 246 g/mol. The van der Waals surface area contributed by atoms with Gasteiger partial charge < -0.3 is 10.6 Å². The predicted molar refractivity (Wildman–Crippen MR) is 75.8 cm³/mol. The molecule has 1 aromatic heterocycles. The second kappa shape index (κ2) is 5.22. The Kier molecular flexibility index (Phi) is 3.66. The fraction of sp³-hybridized carbons (Fsp3) is 0.250. The minimum Gasteiger partial charge on any atom is -0.378 e. The normalized spacial score (nSPS) is 10.4. The van der Waals surface area contributed by atoms with E-state index in [0.29, 0.717) is 11.0 Å². The van der Waals surface area contributed by atoms with E-state index < -0.39 is 0 Å². The van der Waals surface area contributed by atoms with Crippen LogP contribution in [0.4, 0.5) is 11.6 Å². The third kappa shape index (κ3) is 2.70. The molecule has 0 spiro atoms. The Labute approximate surface area is 110 Å². The van der Waals surface area contributed by atoms with Gasteiger partial charge in [-0.3, -0.25) is 0 Å². The zero-order valence-corrected chi connectivity index (χ0v) is 11.4. The maximum atomic E-state index is 5.67. The third-order valence-corrected chi connectivity index (χ3v) is 3.00. The van der Waals surface area contributed by atoms with Gasteiger partial charge in [0.05, 0.1) is 0 Å². The summed E-state index contributed by atoms with van der Waals surface area (Å²) < 4.78 is 0. The first-order chi connectivity index (χ1) is 8.60. The van der Waals surface area contributed by atoms with Crippen molar-refractivity contribution in [1.82, 2.24) is 15.0 Å². The number of hydrogen-bond donors (Lipinski definition) is 1. The topological polar surface area (TPSA) is 67.9 Å². The van der Waals surface area contributed by atoms with Gasteiger partial charge in [-0.05, 0) is 30.5 Å². The molecule has 2 aromatic rings. The van der Waals surface area contributed by atoms with Crippen molar-refractivity contribution in [3.63, 3.8) is 0 Å². The average molecular weight is 261 g/mol. The van der Waals surface area contributed by atoms with E-state index >= 15 is 0 Å². The maximum absolute atomic E-state index is 5.67. The average Bonchev–Trinajstić information content (AvgIpc) is 2.38. The molecule has 0 aliphatic heterocycles. The molecule has 0 fully saturated rings. The molecular formula is C12H15N5S. The van der Waals surface area contributed by atoms with Gasteiger partial charge in [-0.25, -0.2) is 4.98 Å². The summed E-state index contributed by atoms with van der Waals surface area (Å²) in [4.78, 5) is 14.6. The van der Waals surface area contributed by atoms with Gasteiger partial charge in [-0.15, -0.1) is 0 Å². The van der Waals surface area contributed by atoms with Crippen molar-refractivity contribution in [2.75, 3.05) is 31.0 Å². The molecule has 0 radical (unpaired) electrons. The number of aromatic nitrogens is 3. The molecule has 0 aliphatic rings. The van der Waals surface area contributed by atoms with Gasteiger partial charge in [0.25, 0.3) is 0 Å². The Hall–Kier alpha value is -1.82. The molecule has 0 saturated carbocycles. The summed E-state index contributed by atoms with van der Waals surface area (Å²) >= 11 is 1.45. The highest BCUT2D eigenvalue weighted by atomic mass is 32.2. The van der Waals surface area contributed by atoms with E-state index in [1.807, 2.05) is 49.5 Å². The Bertz CT molecular complexity index is 539. The van der Waals surface area contributed by atoms with Gasteiger partial charge in [0, 0.05) is 25.3 Å². The number of anilines is 2. The minimum absolute atomic E-state index is 0.251. The molecule has 0 atom stereocenters. The monoisotopic (exact) mass is 261 g/mol. The standard InChI is InChI=1S/C12H15N5S/c1-17(2)9-6-4-8(5-7-9)10-14-11(13)16-12(15-10)18-3/h4-7H,1-3H3,(H2,13,14,15,16). The van der Waals surface area contributed by atoms with E-state index in [1.54, 1.807) is 0 Å². The number of nitrogens with two attached hydrogens (primary N) is 1. The third-order valence-electron chi connectivity index (χ3n) is 2.46. The van der Waals surface area contributed by atoms with Crippen molar-refractivity contribution < 1.29 is 0 Å². The lowest BCUT2D eigenvalue weighted by atomic mass is 10.2. The summed E-state index contributed by atoms with van der Waals surface area (Å²) in [5, 5.41) is 0.634. The molecule has 0 saturated heterocycles.